The summed E-state index contributed by atoms with van der Waals surface area (Å²) in [5.74, 6) is 0.939. The Morgan fingerprint density at radius 1 is 1.06 bits per heavy atom. The van der Waals surface area contributed by atoms with E-state index in [1.807, 2.05) is 12.1 Å². The topological polar surface area (TPSA) is 35.2 Å². The SMILES string of the molecule is NC1COc2ccc(Cc3ccccc3)cc21. The summed E-state index contributed by atoms with van der Waals surface area (Å²) >= 11 is 0. The van der Waals surface area contributed by atoms with E-state index < -0.39 is 0 Å². The van der Waals surface area contributed by atoms with Gasteiger partial charge < -0.3 is 10.5 Å². The van der Waals surface area contributed by atoms with E-state index in [1.54, 1.807) is 0 Å². The monoisotopic (exact) mass is 225 g/mol. The molecule has 2 aromatic rings. The van der Waals surface area contributed by atoms with Crippen LogP contribution < -0.4 is 10.5 Å². The number of rotatable bonds is 2. The molecule has 86 valence electrons. The van der Waals surface area contributed by atoms with Crippen molar-refractivity contribution in [2.45, 2.75) is 12.5 Å². The normalized spacial score (nSPS) is 17.6. The second-order valence-electron chi connectivity index (χ2n) is 4.45. The van der Waals surface area contributed by atoms with Crippen molar-refractivity contribution in [1.29, 1.82) is 0 Å². The van der Waals surface area contributed by atoms with Crippen LogP contribution in [0.15, 0.2) is 48.5 Å². The first-order chi connectivity index (χ1) is 8.33. The lowest BCUT2D eigenvalue weighted by Crippen LogP contribution is -2.10. The number of fused-ring (bicyclic) bond motifs is 1. The Morgan fingerprint density at radius 2 is 1.88 bits per heavy atom. The van der Waals surface area contributed by atoms with Gasteiger partial charge in [-0.3, -0.25) is 0 Å². The van der Waals surface area contributed by atoms with Crippen molar-refractivity contribution in [3.8, 4) is 5.75 Å². The van der Waals surface area contributed by atoms with Crippen molar-refractivity contribution in [1.82, 2.24) is 0 Å². The molecule has 2 heteroatoms. The minimum atomic E-state index is 0.0284. The number of hydrogen-bond donors (Lipinski definition) is 1. The summed E-state index contributed by atoms with van der Waals surface area (Å²) < 4.78 is 5.49. The largest absolute Gasteiger partial charge is 0.491 e. The summed E-state index contributed by atoms with van der Waals surface area (Å²) in [5.41, 5.74) is 9.73. The van der Waals surface area contributed by atoms with Gasteiger partial charge in [-0.2, -0.15) is 0 Å². The van der Waals surface area contributed by atoms with E-state index in [9.17, 15) is 0 Å². The Balaban J connectivity index is 1.88. The molecule has 1 unspecified atom stereocenters. The van der Waals surface area contributed by atoms with Gasteiger partial charge in [-0.05, 0) is 23.6 Å². The van der Waals surface area contributed by atoms with Crippen molar-refractivity contribution in [2.75, 3.05) is 6.61 Å². The molecular weight excluding hydrogens is 210 g/mol. The molecule has 0 saturated carbocycles. The maximum absolute atomic E-state index is 5.98. The van der Waals surface area contributed by atoms with Gasteiger partial charge in [0.25, 0.3) is 0 Å². The predicted molar refractivity (Wildman–Crippen MR) is 68.1 cm³/mol. The molecule has 0 aliphatic carbocycles. The Kier molecular flexibility index (Phi) is 2.57. The third kappa shape index (κ3) is 2.04. The smallest absolute Gasteiger partial charge is 0.124 e. The Hall–Kier alpha value is -1.80. The van der Waals surface area contributed by atoms with Crippen LogP contribution >= 0.6 is 0 Å². The second kappa shape index (κ2) is 4.22. The fourth-order valence-electron chi connectivity index (χ4n) is 2.23. The number of benzene rings is 2. The molecule has 3 rings (SSSR count). The zero-order chi connectivity index (χ0) is 11.7. The fraction of sp³-hybridized carbons (Fsp3) is 0.200. The molecule has 0 radical (unpaired) electrons. The van der Waals surface area contributed by atoms with Crippen molar-refractivity contribution in [3.05, 3.63) is 65.2 Å². The lowest BCUT2D eigenvalue weighted by Gasteiger charge is -2.06. The molecule has 2 N–H and O–H groups in total. The molecular formula is C15H15NO. The van der Waals surface area contributed by atoms with Gasteiger partial charge in [-0.15, -0.1) is 0 Å². The summed E-state index contributed by atoms with van der Waals surface area (Å²) in [6, 6.07) is 16.8. The van der Waals surface area contributed by atoms with Crippen LogP contribution in [-0.4, -0.2) is 6.61 Å². The third-order valence-corrected chi connectivity index (χ3v) is 3.14. The highest BCUT2D eigenvalue weighted by molar-refractivity contribution is 5.43. The molecule has 1 atom stereocenters. The van der Waals surface area contributed by atoms with Crippen molar-refractivity contribution < 1.29 is 4.74 Å². The van der Waals surface area contributed by atoms with Gasteiger partial charge in [0.1, 0.15) is 12.4 Å². The minimum absolute atomic E-state index is 0.0284. The summed E-state index contributed by atoms with van der Waals surface area (Å²) in [4.78, 5) is 0. The standard InChI is InChI=1S/C15H15NO/c16-14-10-17-15-7-6-12(9-13(14)15)8-11-4-2-1-3-5-11/h1-7,9,14H,8,10,16H2. The zero-order valence-corrected chi connectivity index (χ0v) is 9.60. The van der Waals surface area contributed by atoms with Crippen LogP contribution in [0.3, 0.4) is 0 Å². The molecule has 0 saturated heterocycles. The Labute approximate surface area is 101 Å². The third-order valence-electron chi connectivity index (χ3n) is 3.14. The lowest BCUT2D eigenvalue weighted by molar-refractivity contribution is 0.333. The van der Waals surface area contributed by atoms with E-state index in [-0.39, 0.29) is 6.04 Å². The molecule has 2 nitrogen and oxygen atoms in total. The molecule has 2 aromatic carbocycles. The van der Waals surface area contributed by atoms with E-state index >= 15 is 0 Å². The molecule has 0 spiro atoms. The summed E-state index contributed by atoms with van der Waals surface area (Å²) in [7, 11) is 0. The molecule has 0 aromatic heterocycles. The van der Waals surface area contributed by atoms with Crippen molar-refractivity contribution in [2.24, 2.45) is 5.73 Å². The van der Waals surface area contributed by atoms with Gasteiger partial charge in [0.05, 0.1) is 6.04 Å². The first kappa shape index (κ1) is 10.4. The van der Waals surface area contributed by atoms with E-state index in [1.165, 1.54) is 11.1 Å². The lowest BCUT2D eigenvalue weighted by atomic mass is 10.0. The van der Waals surface area contributed by atoms with E-state index in [0.29, 0.717) is 6.61 Å². The predicted octanol–water partition coefficient (Wildman–Crippen LogP) is 2.67. The quantitative estimate of drug-likeness (QED) is 0.852. The summed E-state index contributed by atoms with van der Waals surface area (Å²) in [5, 5.41) is 0. The molecule has 1 aliphatic heterocycles. The minimum Gasteiger partial charge on any atom is -0.491 e. The molecule has 0 amide bonds. The van der Waals surface area contributed by atoms with Crippen LogP contribution in [0.25, 0.3) is 0 Å². The average Bonchev–Trinajstić information content (AvgIpc) is 2.73. The van der Waals surface area contributed by atoms with E-state index in [0.717, 1.165) is 17.7 Å². The number of hydrogen-bond acceptors (Lipinski definition) is 2. The Bertz CT molecular complexity index is 522. The number of nitrogens with two attached hydrogens (primary N) is 1. The van der Waals surface area contributed by atoms with Gasteiger partial charge in [0, 0.05) is 5.56 Å². The van der Waals surface area contributed by atoms with Gasteiger partial charge >= 0.3 is 0 Å². The van der Waals surface area contributed by atoms with Crippen molar-refractivity contribution >= 4 is 0 Å². The maximum atomic E-state index is 5.98. The highest BCUT2D eigenvalue weighted by Crippen LogP contribution is 2.31. The number of ether oxygens (including phenoxy) is 1. The summed E-state index contributed by atoms with van der Waals surface area (Å²) in [6.45, 7) is 0.601. The molecule has 0 bridgehead atoms. The van der Waals surface area contributed by atoms with Crippen LogP contribution in [0.2, 0.25) is 0 Å². The average molecular weight is 225 g/mol. The fourth-order valence-corrected chi connectivity index (χ4v) is 2.23. The van der Waals surface area contributed by atoms with Gasteiger partial charge in [0.2, 0.25) is 0 Å². The van der Waals surface area contributed by atoms with Gasteiger partial charge in [0.15, 0.2) is 0 Å². The highest BCUT2D eigenvalue weighted by Gasteiger charge is 2.20. The van der Waals surface area contributed by atoms with Crippen LogP contribution in [0.4, 0.5) is 0 Å². The molecule has 17 heavy (non-hydrogen) atoms. The van der Waals surface area contributed by atoms with Gasteiger partial charge in [-0.25, -0.2) is 0 Å². The molecule has 0 fully saturated rings. The van der Waals surface area contributed by atoms with Crippen molar-refractivity contribution in [3.63, 3.8) is 0 Å². The maximum Gasteiger partial charge on any atom is 0.124 e. The molecule has 1 heterocycles. The van der Waals surface area contributed by atoms with E-state index in [2.05, 4.69) is 36.4 Å². The van der Waals surface area contributed by atoms with Gasteiger partial charge in [-0.1, -0.05) is 42.5 Å². The first-order valence-electron chi connectivity index (χ1n) is 5.88. The second-order valence-corrected chi connectivity index (χ2v) is 4.45. The van der Waals surface area contributed by atoms with E-state index in [4.69, 9.17) is 10.5 Å². The van der Waals surface area contributed by atoms with Crippen LogP contribution in [0, 0.1) is 0 Å². The van der Waals surface area contributed by atoms with Crippen LogP contribution in [0.1, 0.15) is 22.7 Å². The van der Waals surface area contributed by atoms with Crippen LogP contribution in [0.5, 0.6) is 5.75 Å². The summed E-state index contributed by atoms with van der Waals surface area (Å²) in [6.07, 6.45) is 0.945. The highest BCUT2D eigenvalue weighted by atomic mass is 16.5. The zero-order valence-electron chi connectivity index (χ0n) is 9.60. The Morgan fingerprint density at radius 3 is 2.71 bits per heavy atom. The van der Waals surface area contributed by atoms with Crippen LogP contribution in [-0.2, 0) is 6.42 Å². The first-order valence-corrected chi connectivity index (χ1v) is 5.88. The molecule has 1 aliphatic rings.